The number of carbonyl (C=O) groups excluding carboxylic acids is 1. The van der Waals surface area contributed by atoms with E-state index in [9.17, 15) is 4.79 Å². The molecule has 5 nitrogen and oxygen atoms in total. The number of rotatable bonds is 7. The van der Waals surface area contributed by atoms with Crippen LogP contribution in [0, 0.1) is 20.8 Å². The fraction of sp³-hybridized carbons (Fsp3) is 0.412. The maximum atomic E-state index is 11.8. The number of amides is 1. The van der Waals surface area contributed by atoms with Crippen LogP contribution in [-0.4, -0.2) is 28.8 Å². The average molecular weight is 301 g/mol. The Morgan fingerprint density at radius 2 is 1.95 bits per heavy atom. The second-order valence-electron chi connectivity index (χ2n) is 5.28. The van der Waals surface area contributed by atoms with Crippen molar-refractivity contribution in [3.05, 3.63) is 47.3 Å². The van der Waals surface area contributed by atoms with Gasteiger partial charge in [-0.25, -0.2) is 0 Å². The van der Waals surface area contributed by atoms with E-state index in [1.807, 2.05) is 48.9 Å². The number of hydrogen-bond acceptors (Lipinski definition) is 3. The third-order valence-electron chi connectivity index (χ3n) is 3.73. The Morgan fingerprint density at radius 3 is 2.59 bits per heavy atom. The van der Waals surface area contributed by atoms with E-state index >= 15 is 0 Å². The maximum absolute atomic E-state index is 11.8. The number of ether oxygens (including phenoxy) is 1. The van der Waals surface area contributed by atoms with Gasteiger partial charge >= 0.3 is 0 Å². The number of hydrogen-bond donors (Lipinski definition) is 1. The molecule has 0 fully saturated rings. The standard InChI is InChI=1S/C17H23N3O2/c1-13-14(2)19-20(15(13)3)11-10-18-17(21)9-12-22-16-7-5-4-6-8-16/h4-8H,9-12H2,1-3H3,(H,18,21). The Balaban J connectivity index is 1.66. The molecule has 2 aromatic rings. The molecule has 0 bridgehead atoms. The molecule has 0 spiro atoms. The lowest BCUT2D eigenvalue weighted by molar-refractivity contribution is -0.121. The molecule has 0 aliphatic heterocycles. The lowest BCUT2D eigenvalue weighted by Crippen LogP contribution is -2.28. The monoisotopic (exact) mass is 301 g/mol. The highest BCUT2D eigenvalue weighted by Gasteiger charge is 2.07. The minimum atomic E-state index is -0.00539. The summed E-state index contributed by atoms with van der Waals surface area (Å²) < 4.78 is 7.44. The molecule has 0 atom stereocenters. The summed E-state index contributed by atoms with van der Waals surface area (Å²) in [6.07, 6.45) is 0.352. The van der Waals surface area contributed by atoms with Gasteiger partial charge in [0.05, 0.1) is 25.3 Å². The van der Waals surface area contributed by atoms with Gasteiger partial charge in [0.15, 0.2) is 0 Å². The van der Waals surface area contributed by atoms with Crippen LogP contribution in [0.5, 0.6) is 5.75 Å². The van der Waals surface area contributed by atoms with Crippen LogP contribution in [0.2, 0.25) is 0 Å². The summed E-state index contributed by atoms with van der Waals surface area (Å²) >= 11 is 0. The summed E-state index contributed by atoms with van der Waals surface area (Å²) in [5.41, 5.74) is 3.40. The quantitative estimate of drug-likeness (QED) is 0.854. The number of nitrogens with zero attached hydrogens (tertiary/aromatic N) is 2. The van der Waals surface area contributed by atoms with Gasteiger partial charge in [-0.1, -0.05) is 18.2 Å². The number of carbonyl (C=O) groups is 1. The Hall–Kier alpha value is -2.30. The van der Waals surface area contributed by atoms with Gasteiger partial charge in [-0.05, 0) is 38.5 Å². The largest absolute Gasteiger partial charge is 0.493 e. The molecule has 2 rings (SSSR count). The number of para-hydroxylation sites is 1. The minimum Gasteiger partial charge on any atom is -0.493 e. The number of aromatic nitrogens is 2. The summed E-state index contributed by atoms with van der Waals surface area (Å²) in [6, 6.07) is 9.50. The second kappa shape index (κ2) is 7.64. The second-order valence-corrected chi connectivity index (χ2v) is 5.28. The molecule has 0 aliphatic rings. The summed E-state index contributed by atoms with van der Waals surface area (Å²) in [5, 5.41) is 7.34. The van der Waals surface area contributed by atoms with Gasteiger partial charge in [0, 0.05) is 12.2 Å². The van der Waals surface area contributed by atoms with E-state index in [2.05, 4.69) is 17.3 Å². The van der Waals surface area contributed by atoms with E-state index in [0.717, 1.165) is 17.1 Å². The zero-order chi connectivity index (χ0) is 15.9. The van der Waals surface area contributed by atoms with E-state index < -0.39 is 0 Å². The van der Waals surface area contributed by atoms with Crippen molar-refractivity contribution >= 4 is 5.91 Å². The van der Waals surface area contributed by atoms with Crippen molar-refractivity contribution in [2.24, 2.45) is 0 Å². The number of benzene rings is 1. The highest BCUT2D eigenvalue weighted by molar-refractivity contribution is 5.75. The Bertz CT molecular complexity index is 620. The Morgan fingerprint density at radius 1 is 1.23 bits per heavy atom. The van der Waals surface area contributed by atoms with Crippen molar-refractivity contribution in [2.45, 2.75) is 33.7 Å². The van der Waals surface area contributed by atoms with Crippen LogP contribution in [-0.2, 0) is 11.3 Å². The van der Waals surface area contributed by atoms with E-state index in [1.54, 1.807) is 0 Å². The predicted octanol–water partition coefficient (Wildman–Crippen LogP) is 2.39. The molecule has 1 heterocycles. The highest BCUT2D eigenvalue weighted by Crippen LogP contribution is 2.10. The Kier molecular flexibility index (Phi) is 5.58. The van der Waals surface area contributed by atoms with Crippen LogP contribution in [0.4, 0.5) is 0 Å². The first-order chi connectivity index (χ1) is 10.6. The molecule has 0 saturated carbocycles. The van der Waals surface area contributed by atoms with E-state index in [1.165, 1.54) is 5.56 Å². The van der Waals surface area contributed by atoms with Crippen LogP contribution >= 0.6 is 0 Å². The molecule has 0 saturated heterocycles. The van der Waals surface area contributed by atoms with E-state index in [-0.39, 0.29) is 5.91 Å². The molecule has 1 aromatic carbocycles. The zero-order valence-corrected chi connectivity index (χ0v) is 13.4. The smallest absolute Gasteiger partial charge is 0.223 e. The van der Waals surface area contributed by atoms with Crippen molar-refractivity contribution in [2.75, 3.05) is 13.2 Å². The van der Waals surface area contributed by atoms with Crippen LogP contribution in [0.15, 0.2) is 30.3 Å². The molecule has 1 amide bonds. The molecular formula is C17H23N3O2. The van der Waals surface area contributed by atoms with Gasteiger partial charge in [-0.15, -0.1) is 0 Å². The van der Waals surface area contributed by atoms with Crippen LogP contribution in [0.1, 0.15) is 23.4 Å². The summed E-state index contributed by atoms with van der Waals surface area (Å²) in [6.45, 7) is 7.75. The minimum absolute atomic E-state index is 0.00539. The van der Waals surface area contributed by atoms with Crippen molar-refractivity contribution in [1.82, 2.24) is 15.1 Å². The molecule has 1 N–H and O–H groups in total. The molecule has 5 heteroatoms. The van der Waals surface area contributed by atoms with Crippen molar-refractivity contribution in [3.63, 3.8) is 0 Å². The molecule has 0 unspecified atom stereocenters. The molecule has 118 valence electrons. The van der Waals surface area contributed by atoms with E-state index in [0.29, 0.717) is 26.1 Å². The van der Waals surface area contributed by atoms with Gasteiger partial charge in [0.1, 0.15) is 5.75 Å². The summed E-state index contributed by atoms with van der Waals surface area (Å²) in [7, 11) is 0. The van der Waals surface area contributed by atoms with Gasteiger partial charge in [0.2, 0.25) is 5.91 Å². The third-order valence-corrected chi connectivity index (χ3v) is 3.73. The lowest BCUT2D eigenvalue weighted by Gasteiger charge is -2.08. The zero-order valence-electron chi connectivity index (χ0n) is 13.4. The molecule has 0 aliphatic carbocycles. The topological polar surface area (TPSA) is 56.2 Å². The fourth-order valence-corrected chi connectivity index (χ4v) is 2.17. The third kappa shape index (κ3) is 4.35. The van der Waals surface area contributed by atoms with Crippen LogP contribution < -0.4 is 10.1 Å². The molecule has 22 heavy (non-hydrogen) atoms. The Labute approximate surface area is 131 Å². The molecule has 0 radical (unpaired) electrons. The van der Waals surface area contributed by atoms with Crippen LogP contribution in [0.3, 0.4) is 0 Å². The van der Waals surface area contributed by atoms with Gasteiger partial charge in [-0.2, -0.15) is 5.10 Å². The first-order valence-electron chi connectivity index (χ1n) is 7.53. The maximum Gasteiger partial charge on any atom is 0.223 e. The van der Waals surface area contributed by atoms with Gasteiger partial charge < -0.3 is 10.1 Å². The SMILES string of the molecule is Cc1nn(CCNC(=O)CCOc2ccccc2)c(C)c1C. The van der Waals surface area contributed by atoms with Crippen molar-refractivity contribution in [3.8, 4) is 5.75 Å². The van der Waals surface area contributed by atoms with E-state index in [4.69, 9.17) is 4.74 Å². The van der Waals surface area contributed by atoms with Crippen molar-refractivity contribution in [1.29, 1.82) is 0 Å². The first-order valence-corrected chi connectivity index (χ1v) is 7.53. The fourth-order valence-electron chi connectivity index (χ4n) is 2.17. The van der Waals surface area contributed by atoms with Crippen LogP contribution in [0.25, 0.3) is 0 Å². The van der Waals surface area contributed by atoms with Crippen molar-refractivity contribution < 1.29 is 9.53 Å². The average Bonchev–Trinajstić information content (AvgIpc) is 2.76. The number of nitrogens with one attached hydrogen (secondary N) is 1. The lowest BCUT2D eigenvalue weighted by atomic mass is 10.2. The molecule has 1 aromatic heterocycles. The highest BCUT2D eigenvalue weighted by atomic mass is 16.5. The molecular weight excluding hydrogens is 278 g/mol. The normalized spacial score (nSPS) is 10.5. The number of aryl methyl sites for hydroxylation is 1. The van der Waals surface area contributed by atoms with Gasteiger partial charge in [-0.3, -0.25) is 9.48 Å². The first kappa shape index (κ1) is 16.1. The summed E-state index contributed by atoms with van der Waals surface area (Å²) in [5.74, 6) is 0.780. The van der Waals surface area contributed by atoms with Gasteiger partial charge in [0.25, 0.3) is 0 Å². The predicted molar refractivity (Wildman–Crippen MR) is 86.0 cm³/mol. The summed E-state index contributed by atoms with van der Waals surface area (Å²) in [4.78, 5) is 11.8.